The van der Waals surface area contributed by atoms with Crippen molar-refractivity contribution in [1.82, 2.24) is 10.2 Å². The summed E-state index contributed by atoms with van der Waals surface area (Å²) in [5, 5.41) is 11.7. The lowest BCUT2D eigenvalue weighted by molar-refractivity contribution is -0.119. The molecule has 3 fully saturated rings. The Morgan fingerprint density at radius 1 is 1.37 bits per heavy atom. The van der Waals surface area contributed by atoms with Crippen LogP contribution in [0.1, 0.15) is 19.8 Å². The zero-order chi connectivity index (χ0) is 21.3. The summed E-state index contributed by atoms with van der Waals surface area (Å²) in [6, 6.07) is 7.33. The molecule has 8 nitrogen and oxygen atoms in total. The fraction of sp³-hybridized carbons (Fsp3) is 0.571. The van der Waals surface area contributed by atoms with Crippen molar-refractivity contribution >= 4 is 23.4 Å². The molecule has 0 saturated carbocycles. The van der Waals surface area contributed by atoms with E-state index in [9.17, 15) is 9.59 Å². The van der Waals surface area contributed by atoms with Gasteiger partial charge in [-0.3, -0.25) is 14.6 Å². The van der Waals surface area contributed by atoms with Gasteiger partial charge in [0.1, 0.15) is 11.9 Å². The largest absolute Gasteiger partial charge is 0.442 e. The molecule has 30 heavy (non-hydrogen) atoms. The number of benzene rings is 1. The van der Waals surface area contributed by atoms with E-state index < -0.39 is 12.2 Å². The fourth-order valence-electron chi connectivity index (χ4n) is 4.77. The number of nitriles is 1. The number of ether oxygens (including phenoxy) is 1. The van der Waals surface area contributed by atoms with Gasteiger partial charge in [-0.05, 0) is 43.5 Å². The van der Waals surface area contributed by atoms with Gasteiger partial charge in [0.25, 0.3) is 0 Å². The molecule has 2 amide bonds. The van der Waals surface area contributed by atoms with Gasteiger partial charge in [-0.2, -0.15) is 5.26 Å². The Morgan fingerprint density at radius 2 is 2.20 bits per heavy atom. The molecule has 0 aliphatic carbocycles. The first kappa shape index (κ1) is 20.4. The molecule has 2 unspecified atom stereocenters. The topological polar surface area (TPSA) is 88.9 Å². The van der Waals surface area contributed by atoms with Gasteiger partial charge in [-0.15, -0.1) is 0 Å². The molecule has 9 heteroatoms. The van der Waals surface area contributed by atoms with Crippen molar-refractivity contribution in [3.8, 4) is 6.07 Å². The molecule has 3 aliphatic heterocycles. The Balaban J connectivity index is 1.45. The number of nitrogens with one attached hydrogen (secondary N) is 1. The summed E-state index contributed by atoms with van der Waals surface area (Å²) in [5.41, 5.74) is 0.960. The summed E-state index contributed by atoms with van der Waals surface area (Å²) in [5.74, 6) is -0.134. The molecule has 160 valence electrons. The second-order valence-electron chi connectivity index (χ2n) is 8.19. The van der Waals surface area contributed by atoms with Crippen molar-refractivity contribution in [3.05, 3.63) is 24.0 Å². The molecule has 3 heterocycles. The predicted octanol–water partition coefficient (Wildman–Crippen LogP) is 1.71. The molecule has 3 saturated heterocycles. The minimum Gasteiger partial charge on any atom is -0.442 e. The van der Waals surface area contributed by atoms with Crippen molar-refractivity contribution in [2.45, 2.75) is 31.9 Å². The summed E-state index contributed by atoms with van der Waals surface area (Å²) in [6.45, 7) is 4.69. The van der Waals surface area contributed by atoms with Gasteiger partial charge in [0, 0.05) is 26.1 Å². The third-order valence-electron chi connectivity index (χ3n) is 6.21. The standard InChI is InChI=1S/C21H26FN5O3/c1-14(28)24-10-17-12-27(21(29)30-17)16-4-5-19(18(22)9-16)26-11-15-3-2-7-25(8-6-23)20(15)13-26/h4-5,9,15,17,20H,2-3,7-8,10-13H2,1H3,(H,24,28)/t15?,17?,20-/m1/s1. The van der Waals surface area contributed by atoms with E-state index in [1.54, 1.807) is 12.1 Å². The molecule has 3 atom stereocenters. The summed E-state index contributed by atoms with van der Waals surface area (Å²) in [4.78, 5) is 28.9. The molecule has 0 radical (unpaired) electrons. The summed E-state index contributed by atoms with van der Waals surface area (Å²) >= 11 is 0. The van der Waals surface area contributed by atoms with Gasteiger partial charge in [0.05, 0.1) is 37.1 Å². The van der Waals surface area contributed by atoms with E-state index in [0.717, 1.165) is 25.9 Å². The van der Waals surface area contributed by atoms with Crippen LogP contribution in [0.2, 0.25) is 0 Å². The Kier molecular flexibility index (Phi) is 5.77. The number of rotatable bonds is 5. The quantitative estimate of drug-likeness (QED) is 0.737. The van der Waals surface area contributed by atoms with Crippen molar-refractivity contribution in [2.75, 3.05) is 49.1 Å². The van der Waals surface area contributed by atoms with Gasteiger partial charge < -0.3 is 15.0 Å². The van der Waals surface area contributed by atoms with Gasteiger partial charge in [-0.1, -0.05) is 0 Å². The number of amides is 2. The average Bonchev–Trinajstić information content (AvgIpc) is 3.30. The summed E-state index contributed by atoms with van der Waals surface area (Å²) in [6.07, 6.45) is 1.15. The number of carbonyl (C=O) groups is 2. The number of nitrogens with zero attached hydrogens (tertiary/aromatic N) is 4. The maximum Gasteiger partial charge on any atom is 0.414 e. The number of hydrogen-bond donors (Lipinski definition) is 1. The highest BCUT2D eigenvalue weighted by molar-refractivity contribution is 5.90. The minimum absolute atomic E-state index is 0.195. The molecule has 3 aliphatic rings. The molecule has 0 bridgehead atoms. The van der Waals surface area contributed by atoms with Crippen LogP contribution in [0.15, 0.2) is 18.2 Å². The minimum atomic E-state index is -0.545. The van der Waals surface area contributed by atoms with E-state index in [-0.39, 0.29) is 30.9 Å². The second kappa shape index (κ2) is 8.48. The molecule has 0 aromatic heterocycles. The van der Waals surface area contributed by atoms with E-state index in [1.807, 2.05) is 4.90 Å². The highest BCUT2D eigenvalue weighted by atomic mass is 19.1. The number of piperidine rings is 1. The van der Waals surface area contributed by atoms with E-state index in [1.165, 1.54) is 17.9 Å². The normalized spacial score (nSPS) is 26.3. The first-order valence-electron chi connectivity index (χ1n) is 10.3. The van der Waals surface area contributed by atoms with E-state index in [0.29, 0.717) is 30.4 Å². The number of likely N-dealkylation sites (tertiary alicyclic amines) is 1. The van der Waals surface area contributed by atoms with E-state index in [2.05, 4.69) is 16.3 Å². The first-order chi connectivity index (χ1) is 14.5. The van der Waals surface area contributed by atoms with Crippen LogP contribution in [-0.2, 0) is 9.53 Å². The SMILES string of the molecule is CC(=O)NCC1CN(c2ccc(N3CC4CCCN(CC#N)[C@@H]4C3)c(F)c2)C(=O)O1. The number of hydrogen-bond acceptors (Lipinski definition) is 6. The molecule has 1 N–H and O–H groups in total. The maximum absolute atomic E-state index is 15.0. The average molecular weight is 415 g/mol. The lowest BCUT2D eigenvalue weighted by Gasteiger charge is -2.34. The summed E-state index contributed by atoms with van der Waals surface area (Å²) < 4.78 is 20.3. The van der Waals surface area contributed by atoms with Crippen LogP contribution < -0.4 is 15.1 Å². The number of carbonyl (C=O) groups excluding carboxylic acids is 2. The molecule has 1 aromatic carbocycles. The van der Waals surface area contributed by atoms with Crippen molar-refractivity contribution in [3.63, 3.8) is 0 Å². The van der Waals surface area contributed by atoms with Crippen LogP contribution in [0.5, 0.6) is 0 Å². The molecule has 4 rings (SSSR count). The van der Waals surface area contributed by atoms with Crippen molar-refractivity contribution in [1.29, 1.82) is 5.26 Å². The van der Waals surface area contributed by atoms with Crippen LogP contribution in [0.4, 0.5) is 20.6 Å². The third kappa shape index (κ3) is 4.05. The number of halogens is 1. The van der Waals surface area contributed by atoms with E-state index in [4.69, 9.17) is 10.00 Å². The zero-order valence-electron chi connectivity index (χ0n) is 17.0. The Morgan fingerprint density at radius 3 is 2.93 bits per heavy atom. The van der Waals surface area contributed by atoms with Crippen LogP contribution in [-0.4, -0.2) is 68.3 Å². The Hall–Kier alpha value is -2.86. The number of fused-ring (bicyclic) bond motifs is 1. The Labute approximate surface area is 175 Å². The summed E-state index contributed by atoms with van der Waals surface area (Å²) in [7, 11) is 0. The predicted molar refractivity (Wildman–Crippen MR) is 109 cm³/mol. The van der Waals surface area contributed by atoms with Gasteiger partial charge in [0.15, 0.2) is 0 Å². The lowest BCUT2D eigenvalue weighted by Crippen LogP contribution is -2.45. The lowest BCUT2D eigenvalue weighted by atomic mass is 9.92. The maximum atomic E-state index is 15.0. The zero-order valence-corrected chi connectivity index (χ0v) is 17.0. The van der Waals surface area contributed by atoms with Gasteiger partial charge in [-0.25, -0.2) is 9.18 Å². The Bertz CT molecular complexity index is 873. The molecular formula is C21H26FN5O3. The van der Waals surface area contributed by atoms with Gasteiger partial charge in [0.2, 0.25) is 5.91 Å². The van der Waals surface area contributed by atoms with Crippen molar-refractivity contribution in [2.24, 2.45) is 5.92 Å². The van der Waals surface area contributed by atoms with Gasteiger partial charge >= 0.3 is 6.09 Å². The monoisotopic (exact) mass is 415 g/mol. The highest BCUT2D eigenvalue weighted by Gasteiger charge is 2.40. The molecule has 0 spiro atoms. The van der Waals surface area contributed by atoms with Crippen LogP contribution in [0.25, 0.3) is 0 Å². The fourth-order valence-corrected chi connectivity index (χ4v) is 4.77. The highest BCUT2D eigenvalue weighted by Crippen LogP contribution is 2.35. The van der Waals surface area contributed by atoms with Crippen molar-refractivity contribution < 1.29 is 18.7 Å². The molecular weight excluding hydrogens is 389 g/mol. The van der Waals surface area contributed by atoms with Crippen LogP contribution in [0, 0.1) is 23.1 Å². The number of anilines is 2. The third-order valence-corrected chi connectivity index (χ3v) is 6.21. The first-order valence-corrected chi connectivity index (χ1v) is 10.3. The van der Waals surface area contributed by atoms with Crippen LogP contribution in [0.3, 0.4) is 0 Å². The smallest absolute Gasteiger partial charge is 0.414 e. The second-order valence-corrected chi connectivity index (χ2v) is 8.19. The number of cyclic esters (lactones) is 1. The van der Waals surface area contributed by atoms with Crippen LogP contribution >= 0.6 is 0 Å². The van der Waals surface area contributed by atoms with E-state index >= 15 is 4.39 Å². The molecule has 1 aromatic rings.